The second-order valence-corrected chi connectivity index (χ2v) is 11.8. The molecule has 3 amide bonds. The number of carbonyl (C=O) groups is 3. The van der Waals surface area contributed by atoms with Crippen LogP contribution in [0.4, 0.5) is 21.1 Å². The monoisotopic (exact) mass is 589 g/mol. The van der Waals surface area contributed by atoms with Gasteiger partial charge in [-0.25, -0.2) is 14.6 Å². The molecule has 0 bridgehead atoms. The first kappa shape index (κ1) is 28.9. The summed E-state index contributed by atoms with van der Waals surface area (Å²) in [4.78, 5) is 43.4. The van der Waals surface area contributed by atoms with Crippen molar-refractivity contribution in [2.45, 2.75) is 39.7 Å². The summed E-state index contributed by atoms with van der Waals surface area (Å²) in [6.45, 7) is 6.24. The van der Waals surface area contributed by atoms with Gasteiger partial charge in [0.2, 0.25) is 5.91 Å². The summed E-state index contributed by atoms with van der Waals surface area (Å²) in [5, 5.41) is 16.4. The molecule has 0 aliphatic carbocycles. The maximum atomic E-state index is 13.1. The lowest BCUT2D eigenvalue weighted by Gasteiger charge is -2.44. The molecule has 0 spiro atoms. The molecule has 11 heteroatoms. The number of hydrogen-bond donors (Lipinski definition) is 3. The Balaban J connectivity index is 1.27. The number of halogens is 1. The molecule has 3 heterocycles. The number of anilines is 2. The number of benzene rings is 2. The predicted molar refractivity (Wildman–Crippen MR) is 161 cm³/mol. The molecule has 1 fully saturated rings. The van der Waals surface area contributed by atoms with Crippen LogP contribution in [0.2, 0.25) is 5.02 Å². The molecule has 2 aromatic carbocycles. The Kier molecular flexibility index (Phi) is 8.08. The number of nitrogens with zero attached hydrogens (tertiary/aromatic N) is 3. The number of amides is 3. The molecule has 1 saturated heterocycles. The summed E-state index contributed by atoms with van der Waals surface area (Å²) < 4.78 is 7.49. The van der Waals surface area contributed by atoms with Crippen LogP contribution in [0.3, 0.4) is 0 Å². The molecule has 42 heavy (non-hydrogen) atoms. The average Bonchev–Trinajstić information content (AvgIpc) is 3.28. The number of nitrogens with one attached hydrogen (secondary N) is 2. The number of piperidine rings is 1. The Morgan fingerprint density at radius 1 is 1.02 bits per heavy atom. The zero-order valence-corrected chi connectivity index (χ0v) is 24.3. The maximum Gasteiger partial charge on any atom is 0.407 e. The number of carbonyl (C=O) groups excluding carboxylic acids is 2. The number of aromatic nitrogens is 2. The molecule has 3 N–H and O–H groups in total. The van der Waals surface area contributed by atoms with Crippen LogP contribution in [-0.2, 0) is 4.79 Å². The quantitative estimate of drug-likeness (QED) is 0.224. The van der Waals surface area contributed by atoms with Crippen LogP contribution in [0.15, 0.2) is 73.1 Å². The summed E-state index contributed by atoms with van der Waals surface area (Å²) >= 11 is 6.47. The summed E-state index contributed by atoms with van der Waals surface area (Å²) in [7, 11) is 0. The summed E-state index contributed by atoms with van der Waals surface area (Å²) in [5.74, 6) is 0.716. The van der Waals surface area contributed by atoms with Crippen molar-refractivity contribution < 1.29 is 24.2 Å². The number of ether oxygens (including phenoxy) is 1. The lowest BCUT2D eigenvalue weighted by Crippen LogP contribution is -2.53. The van der Waals surface area contributed by atoms with Crippen LogP contribution in [0.25, 0.3) is 10.9 Å². The topological polar surface area (TPSA) is 126 Å². The molecule has 10 nitrogen and oxygen atoms in total. The van der Waals surface area contributed by atoms with E-state index >= 15 is 0 Å². The molecular weight excluding hydrogens is 558 g/mol. The number of pyridine rings is 1. The number of hydrogen-bond acceptors (Lipinski definition) is 5. The van der Waals surface area contributed by atoms with E-state index < -0.39 is 6.09 Å². The largest absolute Gasteiger partial charge is 0.465 e. The summed E-state index contributed by atoms with van der Waals surface area (Å²) in [6.07, 6.45) is 2.99. The minimum absolute atomic E-state index is 0.206. The molecule has 1 aliphatic rings. The maximum absolute atomic E-state index is 13.1. The number of rotatable bonds is 5. The van der Waals surface area contributed by atoms with Crippen molar-refractivity contribution in [3.8, 4) is 11.5 Å². The van der Waals surface area contributed by atoms with Gasteiger partial charge in [-0.1, -0.05) is 50.6 Å². The number of para-hydroxylation sites is 1. The fraction of sp³-hybridized carbons (Fsp3) is 0.290. The summed E-state index contributed by atoms with van der Waals surface area (Å²) in [6, 6.07) is 17.0. The van der Waals surface area contributed by atoms with Crippen molar-refractivity contribution in [1.29, 1.82) is 0 Å². The Labute approximate surface area is 248 Å². The lowest BCUT2D eigenvalue weighted by atomic mass is 9.77. The van der Waals surface area contributed by atoms with Crippen molar-refractivity contribution >= 4 is 52.0 Å². The van der Waals surface area contributed by atoms with E-state index in [2.05, 4.69) is 15.6 Å². The highest BCUT2D eigenvalue weighted by Gasteiger charge is 2.40. The van der Waals surface area contributed by atoms with Gasteiger partial charge in [0.25, 0.3) is 0 Å². The van der Waals surface area contributed by atoms with Crippen LogP contribution >= 0.6 is 11.6 Å². The van der Waals surface area contributed by atoms with E-state index in [-0.39, 0.29) is 29.3 Å². The lowest BCUT2D eigenvalue weighted by molar-refractivity contribution is -0.122. The molecular formula is C31H32ClN5O5. The van der Waals surface area contributed by atoms with E-state index in [4.69, 9.17) is 16.3 Å². The van der Waals surface area contributed by atoms with Crippen LogP contribution in [0.5, 0.6) is 11.5 Å². The zero-order valence-electron chi connectivity index (χ0n) is 23.5. The molecule has 218 valence electrons. The minimum atomic E-state index is -0.966. The highest BCUT2D eigenvalue weighted by atomic mass is 35.5. The van der Waals surface area contributed by atoms with Gasteiger partial charge in [0.15, 0.2) is 0 Å². The van der Waals surface area contributed by atoms with Crippen molar-refractivity contribution in [2.75, 3.05) is 17.2 Å². The highest BCUT2D eigenvalue weighted by Crippen LogP contribution is 2.36. The SMILES string of the molecule is CC(C)(C)C1CC(C(=O)Nc2cc(Oc3ccc4c(c3)c(Cl)cn4C(=O)Nc3ccccc3)ccn2)CCN1C(=O)O. The third-order valence-electron chi connectivity index (χ3n) is 7.41. The molecule has 0 radical (unpaired) electrons. The Hall–Kier alpha value is -4.57. The van der Waals surface area contributed by atoms with Crippen molar-refractivity contribution in [1.82, 2.24) is 14.5 Å². The van der Waals surface area contributed by atoms with Crippen LogP contribution in [0.1, 0.15) is 33.6 Å². The predicted octanol–water partition coefficient (Wildman–Crippen LogP) is 7.31. The zero-order chi connectivity index (χ0) is 30.0. The van der Waals surface area contributed by atoms with Gasteiger partial charge < -0.3 is 25.4 Å². The first-order chi connectivity index (χ1) is 20.0. The second-order valence-electron chi connectivity index (χ2n) is 11.4. The van der Waals surface area contributed by atoms with E-state index in [1.54, 1.807) is 48.7 Å². The third-order valence-corrected chi connectivity index (χ3v) is 7.71. The van der Waals surface area contributed by atoms with Crippen LogP contribution in [-0.4, -0.2) is 50.2 Å². The Morgan fingerprint density at radius 2 is 1.76 bits per heavy atom. The van der Waals surface area contributed by atoms with Crippen LogP contribution in [0, 0.1) is 11.3 Å². The minimum Gasteiger partial charge on any atom is -0.465 e. The molecule has 5 rings (SSSR count). The van der Waals surface area contributed by atoms with Gasteiger partial charge in [-0.3, -0.25) is 9.36 Å². The molecule has 2 atom stereocenters. The fourth-order valence-electron chi connectivity index (χ4n) is 5.27. The average molecular weight is 590 g/mol. The standard InChI is InChI=1S/C31H32ClN5O5/c1-31(2,3)26-15-19(12-14-36(26)30(40)41)28(38)35-27-17-22(11-13-33-27)42-21-9-10-25-23(16-21)24(32)18-37(25)29(39)34-20-7-5-4-6-8-20/h4-11,13,16-19,26H,12,14-15H2,1-3H3,(H,34,39)(H,40,41)(H,33,35,38). The fourth-order valence-corrected chi connectivity index (χ4v) is 5.52. The molecule has 2 unspecified atom stereocenters. The Morgan fingerprint density at radius 3 is 2.48 bits per heavy atom. The van der Waals surface area contributed by atoms with Gasteiger partial charge in [0.1, 0.15) is 17.3 Å². The second kappa shape index (κ2) is 11.7. The number of fused-ring (bicyclic) bond motifs is 1. The van der Waals surface area contributed by atoms with Crippen molar-refractivity contribution in [2.24, 2.45) is 11.3 Å². The van der Waals surface area contributed by atoms with Gasteiger partial charge >= 0.3 is 12.1 Å². The highest BCUT2D eigenvalue weighted by molar-refractivity contribution is 6.36. The molecule has 4 aromatic rings. The van der Waals surface area contributed by atoms with Crippen LogP contribution < -0.4 is 15.4 Å². The van der Waals surface area contributed by atoms with Gasteiger partial charge in [-0.05, 0) is 54.7 Å². The van der Waals surface area contributed by atoms with Crippen molar-refractivity contribution in [3.05, 3.63) is 78.1 Å². The van der Waals surface area contributed by atoms with Gasteiger partial charge in [0.05, 0.1) is 10.5 Å². The van der Waals surface area contributed by atoms with E-state index in [1.165, 1.54) is 15.7 Å². The van der Waals surface area contributed by atoms with Gasteiger partial charge in [-0.15, -0.1) is 0 Å². The first-order valence-corrected chi connectivity index (χ1v) is 14.0. The first-order valence-electron chi connectivity index (χ1n) is 13.6. The normalized spacial score (nSPS) is 17.1. The number of carboxylic acid groups (broad SMARTS) is 1. The van der Waals surface area contributed by atoms with E-state index in [0.29, 0.717) is 58.3 Å². The van der Waals surface area contributed by atoms with E-state index in [9.17, 15) is 19.5 Å². The molecule has 1 aliphatic heterocycles. The van der Waals surface area contributed by atoms with E-state index in [0.717, 1.165) is 0 Å². The van der Waals surface area contributed by atoms with Crippen molar-refractivity contribution in [3.63, 3.8) is 0 Å². The third kappa shape index (κ3) is 6.33. The molecule has 2 aromatic heterocycles. The van der Waals surface area contributed by atoms with Gasteiger partial charge in [-0.2, -0.15) is 0 Å². The summed E-state index contributed by atoms with van der Waals surface area (Å²) in [5.41, 5.74) is 0.978. The number of likely N-dealkylation sites (tertiary alicyclic amines) is 1. The smallest absolute Gasteiger partial charge is 0.407 e. The van der Waals surface area contributed by atoms with E-state index in [1.807, 2.05) is 39.0 Å². The Bertz CT molecular complexity index is 1630. The molecule has 0 saturated carbocycles. The van der Waals surface area contributed by atoms with Gasteiger partial charge in [0, 0.05) is 48.0 Å².